The molecule has 1 saturated heterocycles. The van der Waals surface area contributed by atoms with Crippen molar-refractivity contribution >= 4 is 17.5 Å². The van der Waals surface area contributed by atoms with E-state index in [1.165, 1.54) is 0 Å². The van der Waals surface area contributed by atoms with Crippen molar-refractivity contribution in [2.45, 2.75) is 6.04 Å². The molecule has 6 heteroatoms. The molecule has 1 amide bonds. The van der Waals surface area contributed by atoms with Crippen LogP contribution in [0.4, 0.5) is 0 Å². The van der Waals surface area contributed by atoms with Crippen molar-refractivity contribution < 1.29 is 14.3 Å². The largest absolute Gasteiger partial charge is 0.497 e. The number of ether oxygens (including phenoxy) is 2. The molecule has 2 aromatic rings. The maximum atomic E-state index is 12.5. The molecule has 138 valence electrons. The SMILES string of the molecule is COc1ccc(C(=O)NC[C@@H](c2ccc(Cl)cc2)N2CCOCC2)cc1. The van der Waals surface area contributed by atoms with Crippen LogP contribution in [0.1, 0.15) is 22.0 Å². The van der Waals surface area contributed by atoms with Crippen LogP contribution in [0.5, 0.6) is 5.75 Å². The van der Waals surface area contributed by atoms with Gasteiger partial charge in [-0.2, -0.15) is 0 Å². The van der Waals surface area contributed by atoms with Crippen molar-refractivity contribution in [1.82, 2.24) is 10.2 Å². The molecule has 1 aliphatic rings. The Morgan fingerprint density at radius 3 is 2.42 bits per heavy atom. The van der Waals surface area contributed by atoms with Gasteiger partial charge in [0.2, 0.25) is 0 Å². The lowest BCUT2D eigenvalue weighted by Gasteiger charge is -2.35. The average molecular weight is 375 g/mol. The van der Waals surface area contributed by atoms with E-state index < -0.39 is 0 Å². The molecule has 0 unspecified atom stereocenters. The highest BCUT2D eigenvalue weighted by Crippen LogP contribution is 2.23. The number of halogens is 1. The maximum absolute atomic E-state index is 12.5. The van der Waals surface area contributed by atoms with Crippen LogP contribution in [0.3, 0.4) is 0 Å². The zero-order valence-electron chi connectivity index (χ0n) is 14.8. The molecule has 0 saturated carbocycles. The van der Waals surface area contributed by atoms with Crippen molar-refractivity contribution in [2.75, 3.05) is 40.0 Å². The third-order valence-corrected chi connectivity index (χ3v) is 4.80. The van der Waals surface area contributed by atoms with Gasteiger partial charge in [-0.15, -0.1) is 0 Å². The number of benzene rings is 2. The summed E-state index contributed by atoms with van der Waals surface area (Å²) in [6.07, 6.45) is 0. The number of morpholine rings is 1. The number of amides is 1. The number of methoxy groups -OCH3 is 1. The van der Waals surface area contributed by atoms with Gasteiger partial charge in [0.05, 0.1) is 26.4 Å². The summed E-state index contributed by atoms with van der Waals surface area (Å²) in [6.45, 7) is 3.61. The second-order valence-corrected chi connectivity index (χ2v) is 6.59. The Morgan fingerprint density at radius 1 is 1.15 bits per heavy atom. The first-order valence-electron chi connectivity index (χ1n) is 8.67. The second-order valence-electron chi connectivity index (χ2n) is 6.15. The minimum Gasteiger partial charge on any atom is -0.497 e. The van der Waals surface area contributed by atoms with Crippen LogP contribution in [-0.4, -0.2) is 50.8 Å². The molecule has 1 fully saturated rings. The molecule has 26 heavy (non-hydrogen) atoms. The van der Waals surface area contributed by atoms with Gasteiger partial charge in [0.15, 0.2) is 0 Å². The summed E-state index contributed by atoms with van der Waals surface area (Å²) in [6, 6.07) is 15.0. The summed E-state index contributed by atoms with van der Waals surface area (Å²) < 4.78 is 10.6. The number of carbonyl (C=O) groups excluding carboxylic acids is 1. The van der Waals surface area contributed by atoms with Gasteiger partial charge in [-0.25, -0.2) is 0 Å². The number of rotatable bonds is 6. The lowest BCUT2D eigenvalue weighted by molar-refractivity contribution is 0.0162. The third-order valence-electron chi connectivity index (χ3n) is 4.55. The summed E-state index contributed by atoms with van der Waals surface area (Å²) >= 11 is 6.02. The minimum absolute atomic E-state index is 0.0818. The summed E-state index contributed by atoms with van der Waals surface area (Å²) in [4.78, 5) is 14.8. The Balaban J connectivity index is 1.70. The molecule has 1 atom stereocenters. The van der Waals surface area contributed by atoms with Crippen LogP contribution in [0.2, 0.25) is 5.02 Å². The summed E-state index contributed by atoms with van der Waals surface area (Å²) in [5.74, 6) is 0.633. The molecule has 3 rings (SSSR count). The van der Waals surface area contributed by atoms with Crippen LogP contribution in [0, 0.1) is 0 Å². The van der Waals surface area contributed by atoms with Crippen LogP contribution in [-0.2, 0) is 4.74 Å². The van der Waals surface area contributed by atoms with Gasteiger partial charge in [0.1, 0.15) is 5.75 Å². The first kappa shape index (κ1) is 18.7. The maximum Gasteiger partial charge on any atom is 0.251 e. The normalized spacial score (nSPS) is 16.1. The Kier molecular flexibility index (Phi) is 6.50. The van der Waals surface area contributed by atoms with Gasteiger partial charge in [0.25, 0.3) is 5.91 Å². The molecule has 1 heterocycles. The molecule has 0 bridgehead atoms. The monoisotopic (exact) mass is 374 g/mol. The van der Waals surface area contributed by atoms with Gasteiger partial charge >= 0.3 is 0 Å². The molecular weight excluding hydrogens is 352 g/mol. The number of hydrogen-bond donors (Lipinski definition) is 1. The highest BCUT2D eigenvalue weighted by Gasteiger charge is 2.23. The first-order valence-corrected chi connectivity index (χ1v) is 9.04. The van der Waals surface area contributed by atoms with Crippen LogP contribution >= 0.6 is 11.6 Å². The van der Waals surface area contributed by atoms with E-state index in [1.54, 1.807) is 31.4 Å². The Bertz CT molecular complexity index is 713. The molecule has 1 N–H and O–H groups in total. The second kappa shape index (κ2) is 9.03. The number of carbonyl (C=O) groups is 1. The van der Waals surface area contributed by atoms with E-state index in [0.29, 0.717) is 30.3 Å². The lowest BCUT2D eigenvalue weighted by Crippen LogP contribution is -2.43. The number of nitrogens with zero attached hydrogens (tertiary/aromatic N) is 1. The Morgan fingerprint density at radius 2 is 1.81 bits per heavy atom. The van der Waals surface area contributed by atoms with Gasteiger partial charge in [-0.05, 0) is 42.0 Å². The first-order chi connectivity index (χ1) is 12.7. The summed E-state index contributed by atoms with van der Waals surface area (Å²) in [5, 5.41) is 3.76. The average Bonchev–Trinajstić information content (AvgIpc) is 2.70. The molecule has 1 aliphatic heterocycles. The summed E-state index contributed by atoms with van der Waals surface area (Å²) in [5.41, 5.74) is 1.74. The standard InChI is InChI=1S/C20H23ClN2O3/c1-25-18-8-4-16(5-9-18)20(24)22-14-19(23-10-12-26-13-11-23)15-2-6-17(21)7-3-15/h2-9,19H,10-14H2,1H3,(H,22,24)/t19-/m0/s1. The lowest BCUT2D eigenvalue weighted by atomic mass is 10.0. The van der Waals surface area contributed by atoms with Crippen molar-refractivity contribution in [1.29, 1.82) is 0 Å². The van der Waals surface area contributed by atoms with Gasteiger partial charge < -0.3 is 14.8 Å². The van der Waals surface area contributed by atoms with E-state index in [4.69, 9.17) is 21.1 Å². The van der Waals surface area contributed by atoms with E-state index in [-0.39, 0.29) is 11.9 Å². The van der Waals surface area contributed by atoms with Crippen molar-refractivity contribution in [3.8, 4) is 5.75 Å². The quantitative estimate of drug-likeness (QED) is 0.843. The molecular formula is C20H23ClN2O3. The zero-order chi connectivity index (χ0) is 18.4. The molecule has 0 aliphatic carbocycles. The fourth-order valence-electron chi connectivity index (χ4n) is 3.07. The number of hydrogen-bond acceptors (Lipinski definition) is 4. The van der Waals surface area contributed by atoms with Crippen molar-refractivity contribution in [3.63, 3.8) is 0 Å². The van der Waals surface area contributed by atoms with Gasteiger partial charge in [0, 0.05) is 30.2 Å². The fourth-order valence-corrected chi connectivity index (χ4v) is 3.19. The molecule has 5 nitrogen and oxygen atoms in total. The molecule has 0 spiro atoms. The van der Waals surface area contributed by atoms with Crippen LogP contribution in [0.15, 0.2) is 48.5 Å². The molecule has 0 aromatic heterocycles. The molecule has 2 aromatic carbocycles. The van der Waals surface area contributed by atoms with E-state index >= 15 is 0 Å². The predicted octanol–water partition coefficient (Wildman–Crippen LogP) is 3.15. The van der Waals surface area contributed by atoms with Crippen LogP contribution in [0.25, 0.3) is 0 Å². The van der Waals surface area contributed by atoms with Crippen molar-refractivity contribution in [3.05, 3.63) is 64.7 Å². The Labute approximate surface area is 158 Å². The van der Waals surface area contributed by atoms with Crippen LogP contribution < -0.4 is 10.1 Å². The number of nitrogens with one attached hydrogen (secondary N) is 1. The summed E-state index contributed by atoms with van der Waals surface area (Å²) in [7, 11) is 1.61. The van der Waals surface area contributed by atoms with E-state index in [9.17, 15) is 4.79 Å². The van der Waals surface area contributed by atoms with E-state index in [1.807, 2.05) is 24.3 Å². The highest BCUT2D eigenvalue weighted by atomic mass is 35.5. The predicted molar refractivity (Wildman–Crippen MR) is 102 cm³/mol. The molecule has 0 radical (unpaired) electrons. The topological polar surface area (TPSA) is 50.8 Å². The zero-order valence-corrected chi connectivity index (χ0v) is 15.5. The van der Waals surface area contributed by atoms with Crippen molar-refractivity contribution in [2.24, 2.45) is 0 Å². The Hall–Kier alpha value is -2.08. The van der Waals surface area contributed by atoms with E-state index in [2.05, 4.69) is 10.2 Å². The van der Waals surface area contributed by atoms with Gasteiger partial charge in [-0.3, -0.25) is 9.69 Å². The minimum atomic E-state index is -0.0973. The highest BCUT2D eigenvalue weighted by molar-refractivity contribution is 6.30. The fraction of sp³-hybridized carbons (Fsp3) is 0.350. The smallest absolute Gasteiger partial charge is 0.251 e. The van der Waals surface area contributed by atoms with Gasteiger partial charge in [-0.1, -0.05) is 23.7 Å². The third kappa shape index (κ3) is 4.75. The van der Waals surface area contributed by atoms with E-state index in [0.717, 1.165) is 24.4 Å².